The molecule has 0 aliphatic carbocycles. The highest BCUT2D eigenvalue weighted by Crippen LogP contribution is 2.63. The van der Waals surface area contributed by atoms with Gasteiger partial charge in [-0.05, 0) is 0 Å². The van der Waals surface area contributed by atoms with Crippen LogP contribution in [-0.2, 0) is 4.43 Å². The van der Waals surface area contributed by atoms with Crippen molar-refractivity contribution in [1.29, 1.82) is 0 Å². The molecular weight excluding hydrogens is 463 g/mol. The summed E-state index contributed by atoms with van der Waals surface area (Å²) >= 11 is 0. The fraction of sp³-hybridized carbons (Fsp3) is 1.00. The van der Waals surface area contributed by atoms with E-state index in [1.54, 1.807) is 0 Å². The minimum atomic E-state index is -8.60. The van der Waals surface area contributed by atoms with Crippen LogP contribution in [0, 0.1) is 0 Å². The number of hydrogen-bond acceptors (Lipinski definition) is 1. The van der Waals surface area contributed by atoms with Crippen molar-refractivity contribution < 1.29 is 79.1 Å². The fourth-order valence-electron chi connectivity index (χ4n) is 1.28. The molecule has 0 radical (unpaired) electrons. The van der Waals surface area contributed by atoms with Crippen LogP contribution >= 0.6 is 0 Å². The van der Waals surface area contributed by atoms with Crippen molar-refractivity contribution >= 4 is 10.5 Å². The Balaban J connectivity index is 6.65. The summed E-state index contributed by atoms with van der Waals surface area (Å²) in [5, 5.41) is 0. The van der Waals surface area contributed by atoms with Gasteiger partial charge in [-0.25, -0.2) is 0 Å². The Labute approximate surface area is 139 Å². The zero-order valence-electron chi connectivity index (χ0n) is 11.8. The average molecular weight is 466 g/mol. The summed E-state index contributed by atoms with van der Waals surface area (Å²) in [6, 6.07) is 0. The molecule has 0 aromatic heterocycles. The molecule has 0 aromatic carbocycles. The molecule has 0 atom stereocenters. The van der Waals surface area contributed by atoms with E-state index in [0.29, 0.717) is 0 Å². The predicted octanol–water partition coefficient (Wildman–Crippen LogP) is 4.25. The van der Waals surface area contributed by atoms with Gasteiger partial charge in [0, 0.05) is 0 Å². The van der Waals surface area contributed by atoms with E-state index in [2.05, 4.69) is 4.43 Å². The van der Waals surface area contributed by atoms with Crippen LogP contribution in [0.15, 0.2) is 0 Å². The number of rotatable bonds is 7. The second-order valence-corrected chi connectivity index (χ2v) is 5.07. The van der Waals surface area contributed by atoms with Crippen molar-refractivity contribution in [2.24, 2.45) is 0 Å². The van der Waals surface area contributed by atoms with Gasteiger partial charge in [-0.3, -0.25) is 0 Å². The van der Waals surface area contributed by atoms with Crippen molar-refractivity contribution in [1.82, 2.24) is 0 Å². The third-order valence-electron chi connectivity index (χ3n) is 2.95. The van der Waals surface area contributed by atoms with Gasteiger partial charge in [0.15, 0.2) is 10.5 Å². The molecule has 19 heteroatoms. The maximum atomic E-state index is 13.0. The first-order valence-corrected chi connectivity index (χ1v) is 6.39. The molecule has 1 nitrogen and oxygen atoms in total. The molecule has 0 fully saturated rings. The Bertz CT molecular complexity index is 548. The van der Waals surface area contributed by atoms with Gasteiger partial charge in [0.1, 0.15) is 0 Å². The van der Waals surface area contributed by atoms with Crippen LogP contribution < -0.4 is 0 Å². The van der Waals surface area contributed by atoms with Crippen molar-refractivity contribution in [3.05, 3.63) is 0 Å². The first-order chi connectivity index (χ1) is 11.3. The van der Waals surface area contributed by atoms with Crippen LogP contribution in [0.5, 0.6) is 0 Å². The Kier molecular flexibility index (Phi) is 6.01. The Morgan fingerprint density at radius 3 is 0.815 bits per heavy atom. The van der Waals surface area contributed by atoms with E-state index >= 15 is 0 Å². The van der Waals surface area contributed by atoms with Gasteiger partial charge >= 0.3 is 47.8 Å². The molecular formula is C8H3F17OSi. The van der Waals surface area contributed by atoms with Crippen molar-refractivity contribution in [3.63, 3.8) is 0 Å². The van der Waals surface area contributed by atoms with Crippen LogP contribution in [0.3, 0.4) is 0 Å². The summed E-state index contributed by atoms with van der Waals surface area (Å²) in [4.78, 5) is 0. The molecule has 164 valence electrons. The topological polar surface area (TPSA) is 9.23 Å². The van der Waals surface area contributed by atoms with Gasteiger partial charge in [0.25, 0.3) is 0 Å². The first kappa shape index (κ1) is 26.0. The highest BCUT2D eigenvalue weighted by atomic mass is 28.2. The summed E-state index contributed by atoms with van der Waals surface area (Å²) in [6.07, 6.45) is -14.5. The van der Waals surface area contributed by atoms with E-state index in [9.17, 15) is 74.6 Å². The van der Waals surface area contributed by atoms with Gasteiger partial charge in [-0.2, -0.15) is 74.6 Å². The third-order valence-corrected chi connectivity index (χ3v) is 3.46. The average Bonchev–Trinajstić information content (AvgIpc) is 2.44. The molecule has 0 aromatic rings. The summed E-state index contributed by atoms with van der Waals surface area (Å²) in [5.74, 6) is -49.8. The first-order valence-electron chi connectivity index (χ1n) is 5.58. The zero-order chi connectivity index (χ0) is 22.7. The smallest absolute Gasteiger partial charge is 0.369 e. The van der Waals surface area contributed by atoms with Crippen molar-refractivity contribution in [2.45, 2.75) is 47.8 Å². The zero-order valence-corrected chi connectivity index (χ0v) is 13.8. The maximum absolute atomic E-state index is 13.0. The lowest BCUT2D eigenvalue weighted by atomic mass is 9.91. The quantitative estimate of drug-likeness (QED) is 0.403. The molecule has 27 heavy (non-hydrogen) atoms. The molecule has 0 saturated heterocycles. The summed E-state index contributed by atoms with van der Waals surface area (Å²) in [5.41, 5.74) is 0. The lowest BCUT2D eigenvalue weighted by Gasteiger charge is -2.42. The van der Waals surface area contributed by atoms with E-state index in [1.807, 2.05) is 0 Å². The third kappa shape index (κ3) is 3.13. The number of hydrogen-bond donors (Lipinski definition) is 0. The molecule has 0 aliphatic heterocycles. The molecule has 0 spiro atoms. The molecule has 0 unspecified atom stereocenters. The minimum Gasteiger partial charge on any atom is -0.369 e. The summed E-state index contributed by atoms with van der Waals surface area (Å²) in [7, 11) is -1.65. The molecule has 0 heterocycles. The monoisotopic (exact) mass is 466 g/mol. The Hall–Kier alpha value is -1.01. The predicted molar refractivity (Wildman–Crippen MR) is 51.7 cm³/mol. The van der Waals surface area contributed by atoms with E-state index < -0.39 is 58.3 Å². The van der Waals surface area contributed by atoms with E-state index in [-0.39, 0.29) is 0 Å². The SMILES string of the molecule is FC(F)(F)C(F)(F)C(F)(F)C(F)(F)C(F)(F)C(F)(F)C(F)(F)C(F)(F)O[SiH3]. The Morgan fingerprint density at radius 2 is 0.593 bits per heavy atom. The standard InChI is InChI=1S/C8H3F17OSi/c9-1(10,3(13,14)5(17,18)7(21,22)23)2(11,12)4(15,16)6(19,20)8(24,25)26-27/h27H3. The number of halogens is 17. The number of alkyl halides is 17. The van der Waals surface area contributed by atoms with Crippen LogP contribution in [0.1, 0.15) is 0 Å². The highest BCUT2D eigenvalue weighted by Gasteiger charge is 2.95. The van der Waals surface area contributed by atoms with Crippen LogP contribution in [0.4, 0.5) is 74.6 Å². The summed E-state index contributed by atoms with van der Waals surface area (Å²) in [6.45, 7) is 0. The van der Waals surface area contributed by atoms with Gasteiger partial charge in [0.05, 0.1) is 0 Å². The van der Waals surface area contributed by atoms with Crippen molar-refractivity contribution in [3.8, 4) is 0 Å². The molecule has 0 rings (SSSR count). The van der Waals surface area contributed by atoms with E-state index in [0.717, 1.165) is 0 Å². The molecule has 0 amide bonds. The van der Waals surface area contributed by atoms with E-state index in [4.69, 9.17) is 0 Å². The maximum Gasteiger partial charge on any atom is 0.460 e. The Morgan fingerprint density at radius 1 is 0.370 bits per heavy atom. The van der Waals surface area contributed by atoms with Gasteiger partial charge in [0.2, 0.25) is 0 Å². The van der Waals surface area contributed by atoms with E-state index in [1.165, 1.54) is 0 Å². The highest BCUT2D eigenvalue weighted by molar-refractivity contribution is 5.98. The van der Waals surface area contributed by atoms with Crippen LogP contribution in [-0.4, -0.2) is 58.3 Å². The van der Waals surface area contributed by atoms with Gasteiger partial charge in [-0.15, -0.1) is 0 Å². The second kappa shape index (κ2) is 6.24. The normalized spacial score (nSPS) is 16.8. The molecule has 0 saturated carbocycles. The lowest BCUT2D eigenvalue weighted by Crippen LogP contribution is -2.74. The fourth-order valence-corrected chi connectivity index (χ4v) is 1.53. The molecule has 0 N–H and O–H groups in total. The van der Waals surface area contributed by atoms with Crippen molar-refractivity contribution in [2.75, 3.05) is 0 Å². The van der Waals surface area contributed by atoms with Gasteiger partial charge < -0.3 is 4.43 Å². The lowest BCUT2D eigenvalue weighted by molar-refractivity contribution is -0.471. The van der Waals surface area contributed by atoms with Crippen LogP contribution in [0.2, 0.25) is 0 Å². The van der Waals surface area contributed by atoms with Gasteiger partial charge in [-0.1, -0.05) is 0 Å². The molecule has 0 bridgehead atoms. The minimum absolute atomic E-state index is 1.65. The van der Waals surface area contributed by atoms with Crippen LogP contribution in [0.25, 0.3) is 0 Å². The molecule has 0 aliphatic rings. The summed E-state index contributed by atoms with van der Waals surface area (Å²) < 4.78 is 217. The second-order valence-electron chi connectivity index (χ2n) is 4.67. The largest absolute Gasteiger partial charge is 0.460 e.